The Morgan fingerprint density at radius 2 is 1.42 bits per heavy atom. The Labute approximate surface area is 145 Å². The zero-order valence-electron chi connectivity index (χ0n) is 12.4. The van der Waals surface area contributed by atoms with E-state index in [-0.39, 0.29) is 5.69 Å². The highest BCUT2D eigenvalue weighted by atomic mass is 79.9. The third kappa shape index (κ3) is 2.41. The van der Waals surface area contributed by atoms with Crippen LogP contribution >= 0.6 is 15.9 Å². The molecule has 0 amide bonds. The zero-order valence-corrected chi connectivity index (χ0v) is 14.0. The van der Waals surface area contributed by atoms with E-state index in [2.05, 4.69) is 20.9 Å². The lowest BCUT2D eigenvalue weighted by Crippen LogP contribution is -2.02. The summed E-state index contributed by atoms with van der Waals surface area (Å²) in [6.45, 7) is 0. The first kappa shape index (κ1) is 15.0. The molecule has 0 bridgehead atoms. The maximum atomic E-state index is 14.8. The predicted octanol–water partition coefficient (Wildman–Crippen LogP) is 5.73. The molecule has 24 heavy (non-hydrogen) atoms. The topological polar surface area (TPSA) is 17.8 Å². The molecule has 1 heterocycles. The molecule has 0 aliphatic rings. The number of hydrogen-bond donors (Lipinski definition) is 0. The number of para-hydroxylation sites is 2. The van der Waals surface area contributed by atoms with Crippen molar-refractivity contribution in [2.24, 2.45) is 0 Å². The number of rotatable bonds is 2. The number of imidazole rings is 1. The van der Waals surface area contributed by atoms with Crippen LogP contribution in [0.15, 0.2) is 71.5 Å². The van der Waals surface area contributed by atoms with Crippen LogP contribution in [0.1, 0.15) is 0 Å². The fourth-order valence-electron chi connectivity index (χ4n) is 2.79. The first-order valence-corrected chi connectivity index (χ1v) is 8.12. The van der Waals surface area contributed by atoms with Gasteiger partial charge in [0.15, 0.2) is 16.4 Å². The van der Waals surface area contributed by atoms with Gasteiger partial charge in [-0.15, -0.1) is 0 Å². The molecule has 0 aliphatic heterocycles. The molecule has 0 saturated carbocycles. The Morgan fingerprint density at radius 3 is 2.12 bits per heavy atom. The van der Waals surface area contributed by atoms with Gasteiger partial charge in [0.2, 0.25) is 0 Å². The van der Waals surface area contributed by atoms with E-state index in [0.29, 0.717) is 21.3 Å². The fraction of sp³-hybridized carbons (Fsp3) is 0. The number of hydrogen-bond acceptors (Lipinski definition) is 1. The van der Waals surface area contributed by atoms with Crippen LogP contribution in [0.5, 0.6) is 0 Å². The quantitative estimate of drug-likeness (QED) is 0.431. The van der Waals surface area contributed by atoms with Gasteiger partial charge in [-0.05, 0) is 51.3 Å². The van der Waals surface area contributed by atoms with E-state index in [1.54, 1.807) is 18.2 Å². The second-order valence-corrected chi connectivity index (χ2v) is 6.07. The van der Waals surface area contributed by atoms with Crippen molar-refractivity contribution in [2.45, 2.75) is 0 Å². The van der Waals surface area contributed by atoms with E-state index in [1.807, 2.05) is 36.4 Å². The molecule has 0 spiro atoms. The largest absolute Gasteiger partial charge is 0.281 e. The molecule has 0 fully saturated rings. The molecular weight excluding hydrogens is 374 g/mol. The van der Waals surface area contributed by atoms with Crippen LogP contribution in [-0.2, 0) is 0 Å². The second-order valence-electron chi connectivity index (χ2n) is 5.36. The van der Waals surface area contributed by atoms with Gasteiger partial charge >= 0.3 is 0 Å². The van der Waals surface area contributed by atoms with E-state index in [1.165, 1.54) is 16.7 Å². The van der Waals surface area contributed by atoms with Crippen LogP contribution < -0.4 is 0 Å². The number of benzene rings is 3. The summed E-state index contributed by atoms with van der Waals surface area (Å²) in [7, 11) is 0. The van der Waals surface area contributed by atoms with Crippen LogP contribution in [0.25, 0.3) is 27.8 Å². The van der Waals surface area contributed by atoms with Gasteiger partial charge in [0.1, 0.15) is 5.69 Å². The summed E-state index contributed by atoms with van der Waals surface area (Å²) in [5, 5.41) is 0. The number of fused-ring (bicyclic) bond motifs is 1. The number of aromatic nitrogens is 2. The van der Waals surface area contributed by atoms with Gasteiger partial charge < -0.3 is 0 Å². The lowest BCUT2D eigenvalue weighted by atomic mass is 10.0. The predicted molar refractivity (Wildman–Crippen MR) is 94.1 cm³/mol. The Bertz CT molecular complexity index is 1020. The van der Waals surface area contributed by atoms with Crippen molar-refractivity contribution in [3.63, 3.8) is 0 Å². The molecule has 0 N–H and O–H groups in total. The van der Waals surface area contributed by atoms with Crippen LogP contribution in [0.2, 0.25) is 0 Å². The Kier molecular flexibility index (Phi) is 3.65. The van der Waals surface area contributed by atoms with Crippen molar-refractivity contribution >= 4 is 27.0 Å². The average molecular weight is 385 g/mol. The minimum atomic E-state index is -0.641. The summed E-state index contributed by atoms with van der Waals surface area (Å²) in [5.74, 6) is -1.28. The summed E-state index contributed by atoms with van der Waals surface area (Å²) in [4.78, 5) is 4.30. The molecule has 3 aromatic carbocycles. The molecule has 2 nitrogen and oxygen atoms in total. The van der Waals surface area contributed by atoms with E-state index < -0.39 is 11.6 Å². The molecule has 4 aromatic rings. The number of nitrogens with zero attached hydrogens (tertiary/aromatic N) is 2. The maximum Gasteiger partial charge on any atom is 0.182 e. The van der Waals surface area contributed by atoms with Gasteiger partial charge in [-0.2, -0.15) is 0 Å². The summed E-state index contributed by atoms with van der Waals surface area (Å²) in [5.41, 5.74) is 2.41. The van der Waals surface area contributed by atoms with Gasteiger partial charge in [-0.25, -0.2) is 13.8 Å². The molecule has 0 radical (unpaired) electrons. The van der Waals surface area contributed by atoms with Gasteiger partial charge in [-0.3, -0.25) is 4.57 Å². The first-order chi connectivity index (χ1) is 11.6. The summed E-state index contributed by atoms with van der Waals surface area (Å²) < 4.78 is 31.3. The summed E-state index contributed by atoms with van der Waals surface area (Å²) in [6, 6.07) is 19.0. The van der Waals surface area contributed by atoms with E-state index in [9.17, 15) is 8.78 Å². The third-order valence-electron chi connectivity index (χ3n) is 3.87. The standard InChI is InChI=1S/C19H11BrF2N2/c20-19-23-16-8-4-5-9-17(16)24(19)18-14(21)10-13(11-15(18)22)12-6-2-1-3-7-12/h1-11H. The Hall–Kier alpha value is -2.53. The molecule has 0 saturated heterocycles. The molecule has 0 atom stereocenters. The van der Waals surface area contributed by atoms with Crippen molar-refractivity contribution in [1.29, 1.82) is 0 Å². The minimum Gasteiger partial charge on any atom is -0.281 e. The van der Waals surface area contributed by atoms with Gasteiger partial charge in [0.05, 0.1) is 11.0 Å². The zero-order chi connectivity index (χ0) is 16.7. The lowest BCUT2D eigenvalue weighted by Gasteiger charge is -2.11. The summed E-state index contributed by atoms with van der Waals surface area (Å²) in [6.07, 6.45) is 0. The van der Waals surface area contributed by atoms with Crippen molar-refractivity contribution in [1.82, 2.24) is 9.55 Å². The molecule has 1 aromatic heterocycles. The van der Waals surface area contributed by atoms with Crippen LogP contribution in [0.3, 0.4) is 0 Å². The van der Waals surface area contributed by atoms with E-state index in [4.69, 9.17) is 0 Å². The number of halogens is 3. The van der Waals surface area contributed by atoms with Crippen LogP contribution in [0.4, 0.5) is 8.78 Å². The van der Waals surface area contributed by atoms with Gasteiger partial charge in [-0.1, -0.05) is 42.5 Å². The fourth-order valence-corrected chi connectivity index (χ4v) is 3.35. The van der Waals surface area contributed by atoms with Crippen molar-refractivity contribution in [2.75, 3.05) is 0 Å². The van der Waals surface area contributed by atoms with E-state index >= 15 is 0 Å². The normalized spacial score (nSPS) is 11.1. The highest BCUT2D eigenvalue weighted by molar-refractivity contribution is 9.10. The Balaban J connectivity index is 1.95. The third-order valence-corrected chi connectivity index (χ3v) is 4.40. The molecule has 5 heteroatoms. The van der Waals surface area contributed by atoms with Crippen LogP contribution in [0, 0.1) is 11.6 Å². The first-order valence-electron chi connectivity index (χ1n) is 7.33. The SMILES string of the molecule is Fc1cc(-c2ccccc2)cc(F)c1-n1c(Br)nc2ccccc21. The van der Waals surface area contributed by atoms with E-state index in [0.717, 1.165) is 5.56 Å². The van der Waals surface area contributed by atoms with Crippen molar-refractivity contribution in [3.05, 3.63) is 83.1 Å². The second kappa shape index (κ2) is 5.83. The molecule has 4 rings (SSSR count). The highest BCUT2D eigenvalue weighted by Crippen LogP contribution is 2.31. The molecule has 0 aliphatic carbocycles. The monoisotopic (exact) mass is 384 g/mol. The Morgan fingerprint density at radius 1 is 0.792 bits per heavy atom. The highest BCUT2D eigenvalue weighted by Gasteiger charge is 2.19. The van der Waals surface area contributed by atoms with Crippen molar-refractivity contribution < 1.29 is 8.78 Å². The summed E-state index contributed by atoms with van der Waals surface area (Å²) >= 11 is 3.30. The van der Waals surface area contributed by atoms with Gasteiger partial charge in [0, 0.05) is 0 Å². The molecule has 0 unspecified atom stereocenters. The smallest absolute Gasteiger partial charge is 0.182 e. The lowest BCUT2D eigenvalue weighted by molar-refractivity contribution is 0.570. The molecular formula is C19H11BrF2N2. The van der Waals surface area contributed by atoms with Crippen LogP contribution in [-0.4, -0.2) is 9.55 Å². The van der Waals surface area contributed by atoms with Crippen molar-refractivity contribution in [3.8, 4) is 16.8 Å². The average Bonchev–Trinajstić information content (AvgIpc) is 2.91. The minimum absolute atomic E-state index is 0.143. The van der Waals surface area contributed by atoms with Gasteiger partial charge in [0.25, 0.3) is 0 Å². The maximum absolute atomic E-state index is 14.8. The molecule has 118 valence electrons.